The highest BCUT2D eigenvalue weighted by Crippen LogP contribution is 2.06. The summed E-state index contributed by atoms with van der Waals surface area (Å²) in [5, 5.41) is 7.19. The molecule has 1 rings (SSSR count). The molecular weight excluding hydrogens is 144 g/mol. The molecule has 1 aliphatic heterocycles. The van der Waals surface area contributed by atoms with Gasteiger partial charge in [0.2, 0.25) is 0 Å². The summed E-state index contributed by atoms with van der Waals surface area (Å²) in [5.41, 5.74) is 1.16. The molecule has 2 nitrogen and oxygen atoms in total. The third-order valence-electron chi connectivity index (χ3n) is 1.04. The lowest BCUT2D eigenvalue weighted by molar-refractivity contribution is 0.834. The molecule has 0 aromatic heterocycles. The summed E-state index contributed by atoms with van der Waals surface area (Å²) in [4.78, 5) is 4.06. The molecule has 0 spiro atoms. The molecule has 3 heteroatoms. The summed E-state index contributed by atoms with van der Waals surface area (Å²) in [6.07, 6.45) is 3.73. The third kappa shape index (κ3) is 2.73. The molecule has 0 saturated carbocycles. The second-order valence-corrected chi connectivity index (χ2v) is 2.71. The van der Waals surface area contributed by atoms with Gasteiger partial charge >= 0.3 is 0 Å². The van der Waals surface area contributed by atoms with E-state index in [1.54, 1.807) is 18.0 Å². The number of rotatable bonds is 0. The molecule has 10 heavy (non-hydrogen) atoms. The van der Waals surface area contributed by atoms with Crippen LogP contribution >= 0.6 is 11.8 Å². The van der Waals surface area contributed by atoms with Gasteiger partial charge in [0.1, 0.15) is 6.67 Å². The van der Waals surface area contributed by atoms with Crippen molar-refractivity contribution >= 4 is 18.0 Å². The molecule has 1 aliphatic rings. The second-order valence-electron chi connectivity index (χ2n) is 1.93. The first-order chi connectivity index (χ1) is 4.89. The van der Waals surface area contributed by atoms with E-state index in [9.17, 15) is 0 Å². The molecule has 0 aromatic carbocycles. The van der Waals surface area contributed by atoms with E-state index in [-0.39, 0.29) is 0 Å². The van der Waals surface area contributed by atoms with Crippen molar-refractivity contribution in [1.29, 1.82) is 0 Å². The van der Waals surface area contributed by atoms with Crippen LogP contribution in [0.3, 0.4) is 0 Å². The van der Waals surface area contributed by atoms with Crippen molar-refractivity contribution in [3.8, 4) is 0 Å². The van der Waals surface area contributed by atoms with Crippen molar-refractivity contribution in [1.82, 2.24) is 5.32 Å². The summed E-state index contributed by atoms with van der Waals surface area (Å²) >= 11 is 1.65. The fraction of sp³-hybridized carbons (Fsp3) is 0.286. The van der Waals surface area contributed by atoms with Crippen molar-refractivity contribution in [2.75, 3.05) is 6.67 Å². The maximum atomic E-state index is 4.06. The van der Waals surface area contributed by atoms with Gasteiger partial charge in [-0.05, 0) is 23.8 Å². The standard InChI is InChI=1S/C7H10N2S/c1-7-5-10-4-2-3-8-6-9-7/h2-5,9H,6H2,1H3/b4-2-,7-5+,8-3+. The normalized spacial score (nSPS) is 29.9. The van der Waals surface area contributed by atoms with Crippen LogP contribution in [0.1, 0.15) is 6.92 Å². The Kier molecular flexibility index (Phi) is 3.09. The molecule has 0 unspecified atom stereocenters. The van der Waals surface area contributed by atoms with Gasteiger partial charge in [-0.2, -0.15) is 0 Å². The van der Waals surface area contributed by atoms with Gasteiger partial charge in [-0.15, -0.1) is 11.8 Å². The Labute approximate surface area is 65.1 Å². The Morgan fingerprint density at radius 3 is 3.50 bits per heavy atom. The van der Waals surface area contributed by atoms with Gasteiger partial charge in [0.25, 0.3) is 0 Å². The maximum Gasteiger partial charge on any atom is 0.107 e. The van der Waals surface area contributed by atoms with Crippen LogP contribution in [-0.4, -0.2) is 12.9 Å². The number of allylic oxidation sites excluding steroid dienone is 2. The lowest BCUT2D eigenvalue weighted by atomic mass is 10.6. The minimum absolute atomic E-state index is 0.674. The van der Waals surface area contributed by atoms with Crippen LogP contribution in [0, 0.1) is 0 Å². The molecule has 54 valence electrons. The molecule has 0 aromatic rings. The molecule has 0 fully saturated rings. The van der Waals surface area contributed by atoms with E-state index in [2.05, 4.69) is 15.7 Å². The summed E-state index contributed by atoms with van der Waals surface area (Å²) in [5.74, 6) is 0. The molecule has 1 heterocycles. The van der Waals surface area contributed by atoms with E-state index in [0.29, 0.717) is 6.67 Å². The first kappa shape index (κ1) is 7.41. The van der Waals surface area contributed by atoms with Crippen LogP contribution in [-0.2, 0) is 0 Å². The largest absolute Gasteiger partial charge is 0.369 e. The Bertz CT molecular complexity index is 182. The van der Waals surface area contributed by atoms with E-state index >= 15 is 0 Å². The minimum Gasteiger partial charge on any atom is -0.369 e. The average molecular weight is 154 g/mol. The summed E-state index contributed by atoms with van der Waals surface area (Å²) in [6, 6.07) is 0. The lowest BCUT2D eigenvalue weighted by Gasteiger charge is -1.99. The molecule has 0 saturated heterocycles. The molecule has 0 atom stereocenters. The van der Waals surface area contributed by atoms with Crippen molar-refractivity contribution in [2.45, 2.75) is 6.92 Å². The smallest absolute Gasteiger partial charge is 0.107 e. The van der Waals surface area contributed by atoms with E-state index in [1.165, 1.54) is 0 Å². The maximum absolute atomic E-state index is 4.06. The number of aliphatic imine (C=N–C) groups is 1. The van der Waals surface area contributed by atoms with Gasteiger partial charge in [0.15, 0.2) is 0 Å². The van der Waals surface area contributed by atoms with Gasteiger partial charge in [0, 0.05) is 11.9 Å². The van der Waals surface area contributed by atoms with E-state index < -0.39 is 0 Å². The highest BCUT2D eigenvalue weighted by atomic mass is 32.2. The van der Waals surface area contributed by atoms with Crippen LogP contribution in [0.2, 0.25) is 0 Å². The van der Waals surface area contributed by atoms with E-state index in [1.807, 2.05) is 18.4 Å². The Balaban J connectivity index is 2.54. The number of hydrogen-bond acceptors (Lipinski definition) is 3. The highest BCUT2D eigenvalue weighted by molar-refractivity contribution is 8.04. The van der Waals surface area contributed by atoms with E-state index in [0.717, 1.165) is 5.70 Å². The van der Waals surface area contributed by atoms with Crippen molar-refractivity contribution in [3.05, 3.63) is 22.6 Å². The first-order valence-corrected chi connectivity index (χ1v) is 4.05. The van der Waals surface area contributed by atoms with Crippen molar-refractivity contribution in [3.63, 3.8) is 0 Å². The van der Waals surface area contributed by atoms with Crippen molar-refractivity contribution in [2.24, 2.45) is 4.99 Å². The topological polar surface area (TPSA) is 24.4 Å². The van der Waals surface area contributed by atoms with Crippen molar-refractivity contribution < 1.29 is 0 Å². The summed E-state index contributed by atoms with van der Waals surface area (Å²) in [6.45, 7) is 2.70. The number of hydrogen-bond donors (Lipinski definition) is 1. The number of nitrogens with zero attached hydrogens (tertiary/aromatic N) is 1. The summed E-state index contributed by atoms with van der Waals surface area (Å²) in [7, 11) is 0. The Hall–Kier alpha value is -0.700. The Morgan fingerprint density at radius 2 is 2.60 bits per heavy atom. The second kappa shape index (κ2) is 4.17. The van der Waals surface area contributed by atoms with Gasteiger partial charge in [-0.1, -0.05) is 0 Å². The predicted molar refractivity (Wildman–Crippen MR) is 47.0 cm³/mol. The van der Waals surface area contributed by atoms with Crippen LogP contribution < -0.4 is 5.32 Å². The molecule has 0 aliphatic carbocycles. The van der Waals surface area contributed by atoms with Gasteiger partial charge in [-0.25, -0.2) is 0 Å². The zero-order valence-corrected chi connectivity index (χ0v) is 6.69. The Morgan fingerprint density at radius 1 is 1.70 bits per heavy atom. The quantitative estimate of drug-likeness (QED) is 0.574. The minimum atomic E-state index is 0.674. The molecular formula is C7H10N2S. The zero-order valence-electron chi connectivity index (χ0n) is 5.87. The molecule has 0 radical (unpaired) electrons. The summed E-state index contributed by atoms with van der Waals surface area (Å²) < 4.78 is 0. The predicted octanol–water partition coefficient (Wildman–Crippen LogP) is 1.73. The molecule has 0 amide bonds. The number of thioether (sulfide) groups is 1. The van der Waals surface area contributed by atoms with Gasteiger partial charge < -0.3 is 5.32 Å². The molecule has 1 N–H and O–H groups in total. The zero-order chi connectivity index (χ0) is 7.23. The van der Waals surface area contributed by atoms with Gasteiger partial charge in [0.05, 0.1) is 0 Å². The first-order valence-electron chi connectivity index (χ1n) is 3.10. The van der Waals surface area contributed by atoms with Crippen LogP contribution in [0.15, 0.2) is 27.6 Å². The SMILES string of the molecule is C/C1=C\S/C=C\C=N\CN1. The van der Waals surface area contributed by atoms with Crippen LogP contribution in [0.4, 0.5) is 0 Å². The molecule has 0 bridgehead atoms. The highest BCUT2D eigenvalue weighted by Gasteiger charge is 1.85. The fourth-order valence-electron chi connectivity index (χ4n) is 0.547. The van der Waals surface area contributed by atoms with Crippen LogP contribution in [0.5, 0.6) is 0 Å². The van der Waals surface area contributed by atoms with Crippen LogP contribution in [0.25, 0.3) is 0 Å². The van der Waals surface area contributed by atoms with Gasteiger partial charge in [-0.3, -0.25) is 4.99 Å². The monoisotopic (exact) mass is 154 g/mol. The third-order valence-corrected chi connectivity index (χ3v) is 1.85. The lowest BCUT2D eigenvalue weighted by Crippen LogP contribution is -2.09. The average Bonchev–Trinajstić information content (AvgIpc) is 2.02. The fourth-order valence-corrected chi connectivity index (χ4v) is 1.07. The van der Waals surface area contributed by atoms with E-state index in [4.69, 9.17) is 0 Å². The number of nitrogens with one attached hydrogen (secondary N) is 1.